The summed E-state index contributed by atoms with van der Waals surface area (Å²) in [5.74, 6) is -1.93. The molecule has 0 aliphatic carbocycles. The molecule has 0 aliphatic heterocycles. The first-order chi connectivity index (χ1) is 10.3. The molecule has 0 unspecified atom stereocenters. The quantitative estimate of drug-likeness (QED) is 0.814. The highest BCUT2D eigenvalue weighted by molar-refractivity contribution is 9.10. The minimum absolute atomic E-state index is 0.204. The summed E-state index contributed by atoms with van der Waals surface area (Å²) in [5, 5.41) is 1.61. The molecule has 0 radical (unpaired) electrons. The summed E-state index contributed by atoms with van der Waals surface area (Å²) >= 11 is 2.98. The number of anilines is 1. The maximum Gasteiger partial charge on any atom is 0.471 e. The fourth-order valence-corrected chi connectivity index (χ4v) is 1.63. The van der Waals surface area contributed by atoms with Gasteiger partial charge >= 0.3 is 12.1 Å². The highest BCUT2D eigenvalue weighted by atomic mass is 79.9. The smallest absolute Gasteiger partial charge is 0.471 e. The van der Waals surface area contributed by atoms with Crippen molar-refractivity contribution in [3.05, 3.63) is 47.3 Å². The van der Waals surface area contributed by atoms with Gasteiger partial charge < -0.3 is 10.1 Å². The Morgan fingerprint density at radius 3 is 2.23 bits per heavy atom. The molecular weight excluding hydrogens is 367 g/mol. The lowest BCUT2D eigenvalue weighted by molar-refractivity contribution is -0.167. The molecule has 0 aromatic carbocycles. The average Bonchev–Trinajstić information content (AvgIpc) is 2.49. The normalized spacial score (nSPS) is 10.2. The maximum atomic E-state index is 11.9. The summed E-state index contributed by atoms with van der Waals surface area (Å²) in [5.41, 5.74) is 0. The van der Waals surface area contributed by atoms with Crippen LogP contribution in [0.2, 0.25) is 0 Å². The van der Waals surface area contributed by atoms with Gasteiger partial charge in [0.25, 0.3) is 0 Å². The Kier molecular flexibility index (Phi) is 6.77. The number of nitrogens with one attached hydrogen (secondary N) is 1. The maximum absolute atomic E-state index is 11.9. The zero-order valence-electron chi connectivity index (χ0n) is 11.3. The van der Waals surface area contributed by atoms with E-state index in [0.717, 1.165) is 0 Å². The number of pyridine rings is 2. The Morgan fingerprint density at radius 2 is 1.86 bits per heavy atom. The van der Waals surface area contributed by atoms with Crippen molar-refractivity contribution >= 4 is 27.7 Å². The van der Waals surface area contributed by atoms with Crippen LogP contribution >= 0.6 is 15.9 Å². The number of hydrogen-bond acceptors (Lipinski definition) is 4. The molecule has 1 amide bonds. The molecule has 1 N–H and O–H groups in total. The predicted octanol–water partition coefficient (Wildman–Crippen LogP) is 3.44. The van der Waals surface area contributed by atoms with Crippen LogP contribution < -0.4 is 10.1 Å². The van der Waals surface area contributed by atoms with Crippen LogP contribution in [0.5, 0.6) is 5.75 Å². The molecule has 0 bridgehead atoms. The van der Waals surface area contributed by atoms with E-state index in [1.165, 1.54) is 19.2 Å². The van der Waals surface area contributed by atoms with Gasteiger partial charge in [-0.2, -0.15) is 13.2 Å². The van der Waals surface area contributed by atoms with Gasteiger partial charge in [0.2, 0.25) is 0 Å². The van der Waals surface area contributed by atoms with E-state index in [1.54, 1.807) is 17.7 Å². The van der Waals surface area contributed by atoms with Crippen molar-refractivity contribution in [1.29, 1.82) is 0 Å². The molecule has 0 spiro atoms. The molecule has 5 nitrogen and oxygen atoms in total. The van der Waals surface area contributed by atoms with Crippen molar-refractivity contribution in [3.8, 4) is 5.75 Å². The number of ether oxygens (including phenoxy) is 1. The minimum Gasteiger partial charge on any atom is -0.494 e. The van der Waals surface area contributed by atoms with Gasteiger partial charge in [-0.1, -0.05) is 6.07 Å². The summed E-state index contributed by atoms with van der Waals surface area (Å²) in [7, 11) is 1.38. The number of hydrogen-bond donors (Lipinski definition) is 1. The van der Waals surface area contributed by atoms with Gasteiger partial charge in [0.15, 0.2) is 5.75 Å². The van der Waals surface area contributed by atoms with E-state index in [0.29, 0.717) is 5.75 Å². The average molecular weight is 378 g/mol. The Hall–Kier alpha value is -2.16. The van der Waals surface area contributed by atoms with Crippen LogP contribution in [0.3, 0.4) is 0 Å². The SMILES string of the molecule is COc1ccc(NC(=O)C(F)(F)F)nc1Br.c1ccncc1. The van der Waals surface area contributed by atoms with Gasteiger partial charge in [-0.25, -0.2) is 4.98 Å². The number of aromatic nitrogens is 2. The standard InChI is InChI=1S/C8H6BrF3N2O2.C5H5N/c1-16-4-2-3-5(13-6(4)9)14-7(15)8(10,11)12;1-2-4-6-5-3-1/h2-3H,1H3,(H,13,14,15);1-5H. The zero-order chi connectivity index (χ0) is 16.6. The van der Waals surface area contributed by atoms with Gasteiger partial charge in [0.05, 0.1) is 7.11 Å². The van der Waals surface area contributed by atoms with E-state index < -0.39 is 12.1 Å². The molecular formula is C13H11BrF3N3O2. The third-order valence-corrected chi connectivity index (χ3v) is 2.67. The molecule has 2 rings (SSSR count). The molecule has 0 saturated heterocycles. The van der Waals surface area contributed by atoms with Crippen molar-refractivity contribution in [3.63, 3.8) is 0 Å². The second kappa shape index (κ2) is 8.32. The van der Waals surface area contributed by atoms with Crippen molar-refractivity contribution in [2.24, 2.45) is 0 Å². The summed E-state index contributed by atoms with van der Waals surface area (Å²) in [4.78, 5) is 18.0. The predicted molar refractivity (Wildman–Crippen MR) is 77.4 cm³/mol. The lowest BCUT2D eigenvalue weighted by Gasteiger charge is -2.08. The zero-order valence-corrected chi connectivity index (χ0v) is 12.9. The molecule has 2 heterocycles. The van der Waals surface area contributed by atoms with Crippen molar-refractivity contribution in [2.45, 2.75) is 6.18 Å². The van der Waals surface area contributed by atoms with E-state index in [9.17, 15) is 18.0 Å². The van der Waals surface area contributed by atoms with Crippen LogP contribution in [0.4, 0.5) is 19.0 Å². The molecule has 2 aromatic rings. The third-order valence-electron chi connectivity index (χ3n) is 2.10. The second-order valence-corrected chi connectivity index (χ2v) is 4.42. The number of carbonyl (C=O) groups excluding carboxylic acids is 1. The first kappa shape index (κ1) is 17.9. The van der Waals surface area contributed by atoms with E-state index in [1.807, 2.05) is 18.2 Å². The molecule has 0 aliphatic rings. The Labute approximate surface area is 132 Å². The fourth-order valence-electron chi connectivity index (χ4n) is 1.14. The van der Waals surface area contributed by atoms with Gasteiger partial charge in [-0.15, -0.1) is 0 Å². The lowest BCUT2D eigenvalue weighted by atomic mass is 10.4. The van der Waals surface area contributed by atoms with Crippen molar-refractivity contribution < 1.29 is 22.7 Å². The Bertz CT molecular complexity index is 583. The van der Waals surface area contributed by atoms with Crippen LogP contribution in [-0.4, -0.2) is 29.2 Å². The molecule has 0 fully saturated rings. The number of methoxy groups -OCH3 is 1. The number of rotatable bonds is 2. The van der Waals surface area contributed by atoms with Gasteiger partial charge in [-0.05, 0) is 40.2 Å². The number of amides is 1. The van der Waals surface area contributed by atoms with Crippen LogP contribution in [-0.2, 0) is 4.79 Å². The van der Waals surface area contributed by atoms with Crippen molar-refractivity contribution in [2.75, 3.05) is 12.4 Å². The summed E-state index contributed by atoms with van der Waals surface area (Å²) in [6.07, 6.45) is -1.44. The van der Waals surface area contributed by atoms with E-state index in [2.05, 4.69) is 25.9 Å². The van der Waals surface area contributed by atoms with Gasteiger partial charge in [0, 0.05) is 12.4 Å². The van der Waals surface area contributed by atoms with E-state index in [-0.39, 0.29) is 10.4 Å². The topological polar surface area (TPSA) is 64.1 Å². The van der Waals surface area contributed by atoms with Crippen LogP contribution in [0.25, 0.3) is 0 Å². The number of nitrogens with zero attached hydrogens (tertiary/aromatic N) is 2. The highest BCUT2D eigenvalue weighted by Crippen LogP contribution is 2.25. The highest BCUT2D eigenvalue weighted by Gasteiger charge is 2.38. The summed E-state index contributed by atoms with van der Waals surface area (Å²) in [6, 6.07) is 8.29. The largest absolute Gasteiger partial charge is 0.494 e. The molecule has 0 saturated carbocycles. The minimum atomic E-state index is -4.94. The number of alkyl halides is 3. The number of carbonyl (C=O) groups is 1. The molecule has 9 heteroatoms. The van der Waals surface area contributed by atoms with Crippen LogP contribution in [0, 0.1) is 0 Å². The molecule has 22 heavy (non-hydrogen) atoms. The Balaban J connectivity index is 0.000000335. The summed E-state index contributed by atoms with van der Waals surface area (Å²) < 4.78 is 40.7. The second-order valence-electron chi connectivity index (χ2n) is 3.67. The fraction of sp³-hybridized carbons (Fsp3) is 0.154. The first-order valence-corrected chi connectivity index (χ1v) is 6.57. The monoisotopic (exact) mass is 377 g/mol. The first-order valence-electron chi connectivity index (χ1n) is 5.78. The Morgan fingerprint density at radius 1 is 1.23 bits per heavy atom. The third kappa shape index (κ3) is 6.08. The van der Waals surface area contributed by atoms with Crippen LogP contribution in [0.1, 0.15) is 0 Å². The molecule has 0 atom stereocenters. The van der Waals surface area contributed by atoms with Crippen LogP contribution in [0.15, 0.2) is 47.3 Å². The lowest BCUT2D eigenvalue weighted by Crippen LogP contribution is -2.30. The van der Waals surface area contributed by atoms with E-state index >= 15 is 0 Å². The van der Waals surface area contributed by atoms with Gasteiger partial charge in [0.1, 0.15) is 10.4 Å². The summed E-state index contributed by atoms with van der Waals surface area (Å²) in [6.45, 7) is 0. The molecule has 118 valence electrons. The van der Waals surface area contributed by atoms with Crippen molar-refractivity contribution in [1.82, 2.24) is 9.97 Å². The van der Waals surface area contributed by atoms with Gasteiger partial charge in [-0.3, -0.25) is 9.78 Å². The number of halogens is 4. The van der Waals surface area contributed by atoms with E-state index in [4.69, 9.17) is 4.74 Å². The molecule has 2 aromatic heterocycles.